The summed E-state index contributed by atoms with van der Waals surface area (Å²) in [5.74, 6) is 0.720. The fourth-order valence-corrected chi connectivity index (χ4v) is 8.47. The number of hydrogen-bond acceptors (Lipinski definition) is 3. The zero-order valence-electron chi connectivity index (χ0n) is 27.0. The average molecular weight is 656 g/mol. The molecule has 0 bridgehead atoms. The Morgan fingerprint density at radius 3 is 1.84 bits per heavy atom. The van der Waals surface area contributed by atoms with E-state index in [1.807, 2.05) is 35.6 Å². The summed E-state index contributed by atoms with van der Waals surface area (Å²) in [5.41, 5.74) is 12.3. The lowest BCUT2D eigenvalue weighted by Crippen LogP contribution is -1.95. The molecule has 0 saturated heterocycles. The highest BCUT2D eigenvalue weighted by atomic mass is 32.1. The summed E-state index contributed by atoms with van der Waals surface area (Å²) in [7, 11) is 0. The van der Waals surface area contributed by atoms with E-state index in [-0.39, 0.29) is 0 Å². The molecular weight excluding hydrogens is 627 g/mol. The first-order chi connectivity index (χ1) is 24.8. The third-order valence-electron chi connectivity index (χ3n) is 9.63. The molecule has 4 heteroatoms. The second-order valence-corrected chi connectivity index (χ2v) is 13.6. The van der Waals surface area contributed by atoms with Gasteiger partial charge in [0.1, 0.15) is 4.83 Å². The summed E-state index contributed by atoms with van der Waals surface area (Å²) < 4.78 is 3.72. The molecule has 0 N–H and O–H groups in total. The van der Waals surface area contributed by atoms with Gasteiger partial charge in [0.2, 0.25) is 0 Å². The Kier molecular flexibility index (Phi) is 6.68. The minimum absolute atomic E-state index is 0.720. The Morgan fingerprint density at radius 1 is 0.420 bits per heavy atom. The van der Waals surface area contributed by atoms with Crippen molar-refractivity contribution in [3.63, 3.8) is 0 Å². The first kappa shape index (κ1) is 28.6. The quantitative estimate of drug-likeness (QED) is 0.185. The Balaban J connectivity index is 1.15. The maximum Gasteiger partial charge on any atom is 0.160 e. The van der Waals surface area contributed by atoms with Gasteiger partial charge in [0, 0.05) is 27.6 Å². The van der Waals surface area contributed by atoms with Crippen molar-refractivity contribution in [3.8, 4) is 56.2 Å². The summed E-state index contributed by atoms with van der Waals surface area (Å²) in [6.07, 6.45) is 0. The van der Waals surface area contributed by atoms with Crippen LogP contribution in [0, 0.1) is 0 Å². The predicted octanol–water partition coefficient (Wildman–Crippen LogP) is 12.6. The smallest absolute Gasteiger partial charge is 0.160 e. The Hall–Kier alpha value is -6.36. The Bertz CT molecular complexity index is 2790. The number of rotatable bonds is 5. The molecule has 0 aliphatic heterocycles. The lowest BCUT2D eigenvalue weighted by atomic mass is 9.95. The zero-order valence-corrected chi connectivity index (χ0v) is 27.8. The maximum atomic E-state index is 5.08. The highest BCUT2D eigenvalue weighted by molar-refractivity contribution is 7.24. The molecule has 0 amide bonds. The molecule has 10 aromatic rings. The minimum Gasteiger partial charge on any atom is -0.299 e. The molecular formula is C46H29N3S. The van der Waals surface area contributed by atoms with Gasteiger partial charge in [-0.1, -0.05) is 146 Å². The fraction of sp³-hybridized carbons (Fsp3) is 0. The molecule has 3 heterocycles. The third-order valence-corrected chi connectivity index (χ3v) is 10.8. The van der Waals surface area contributed by atoms with Crippen LogP contribution in [0.3, 0.4) is 0 Å². The SMILES string of the molecule is c1ccc(-c2cc(-c3ccc(-c4c5cc(-c6cccc7ccccc67)ccc5n5c4sc4ccccc45)cc3)nc(-c3ccccc3)n2)cc1. The molecule has 0 atom stereocenters. The minimum atomic E-state index is 0.720. The zero-order chi connectivity index (χ0) is 33.0. The van der Waals surface area contributed by atoms with E-state index in [1.54, 1.807) is 0 Å². The highest BCUT2D eigenvalue weighted by Crippen LogP contribution is 2.44. The van der Waals surface area contributed by atoms with Crippen molar-refractivity contribution in [1.29, 1.82) is 0 Å². The number of hydrogen-bond donors (Lipinski definition) is 0. The summed E-state index contributed by atoms with van der Waals surface area (Å²) in [4.78, 5) is 11.3. The van der Waals surface area contributed by atoms with Crippen molar-refractivity contribution < 1.29 is 0 Å². The molecule has 234 valence electrons. The van der Waals surface area contributed by atoms with E-state index >= 15 is 0 Å². The van der Waals surface area contributed by atoms with E-state index in [0.29, 0.717) is 0 Å². The monoisotopic (exact) mass is 655 g/mol. The van der Waals surface area contributed by atoms with Gasteiger partial charge in [-0.05, 0) is 57.8 Å². The summed E-state index contributed by atoms with van der Waals surface area (Å²) >= 11 is 1.86. The van der Waals surface area contributed by atoms with Crippen LogP contribution < -0.4 is 0 Å². The normalized spacial score (nSPS) is 11.6. The lowest BCUT2D eigenvalue weighted by molar-refractivity contribution is 1.18. The van der Waals surface area contributed by atoms with Crippen LogP contribution in [-0.2, 0) is 0 Å². The van der Waals surface area contributed by atoms with Crippen LogP contribution in [0.25, 0.3) is 92.9 Å². The summed E-state index contributed by atoms with van der Waals surface area (Å²) in [6.45, 7) is 0. The van der Waals surface area contributed by atoms with Gasteiger partial charge in [-0.15, -0.1) is 11.3 Å². The van der Waals surface area contributed by atoms with Crippen LogP contribution in [0.1, 0.15) is 0 Å². The second kappa shape index (κ2) is 11.7. The van der Waals surface area contributed by atoms with Gasteiger partial charge in [-0.3, -0.25) is 4.40 Å². The highest BCUT2D eigenvalue weighted by Gasteiger charge is 2.20. The number of nitrogens with zero attached hydrogens (tertiary/aromatic N) is 3. The Labute approximate surface area is 293 Å². The van der Waals surface area contributed by atoms with E-state index in [0.717, 1.165) is 33.9 Å². The van der Waals surface area contributed by atoms with Crippen molar-refractivity contribution in [3.05, 3.63) is 176 Å². The van der Waals surface area contributed by atoms with E-state index in [1.165, 1.54) is 59.0 Å². The van der Waals surface area contributed by atoms with Crippen LogP contribution in [-0.4, -0.2) is 14.4 Å². The number of benzene rings is 7. The largest absolute Gasteiger partial charge is 0.299 e. The van der Waals surface area contributed by atoms with Gasteiger partial charge < -0.3 is 0 Å². The molecule has 3 nitrogen and oxygen atoms in total. The predicted molar refractivity (Wildman–Crippen MR) is 211 cm³/mol. The number of aromatic nitrogens is 3. The van der Waals surface area contributed by atoms with E-state index < -0.39 is 0 Å². The Morgan fingerprint density at radius 2 is 1.04 bits per heavy atom. The molecule has 50 heavy (non-hydrogen) atoms. The third kappa shape index (κ3) is 4.73. The summed E-state index contributed by atoms with van der Waals surface area (Å²) in [6, 6.07) is 62.5. The van der Waals surface area contributed by atoms with E-state index in [2.05, 4.69) is 156 Å². The number of thiazole rings is 1. The maximum absolute atomic E-state index is 5.08. The van der Waals surface area contributed by atoms with E-state index in [4.69, 9.17) is 9.97 Å². The van der Waals surface area contributed by atoms with Crippen LogP contribution in [0.4, 0.5) is 0 Å². The van der Waals surface area contributed by atoms with Crippen molar-refractivity contribution in [2.24, 2.45) is 0 Å². The molecule has 0 fully saturated rings. The number of para-hydroxylation sites is 1. The van der Waals surface area contributed by atoms with Gasteiger partial charge in [0.25, 0.3) is 0 Å². The topological polar surface area (TPSA) is 30.2 Å². The average Bonchev–Trinajstić information content (AvgIpc) is 3.72. The van der Waals surface area contributed by atoms with Crippen LogP contribution in [0.15, 0.2) is 176 Å². The standard InChI is InChI=1S/C46H29N3S/c1-3-13-31(14-4-1)39-29-40(48-45(47-39)34-15-5-2-6-16-34)32-22-24-33(25-23-32)44-38-28-35(37-19-11-17-30-12-7-8-18-36(30)37)26-27-41(38)49-42-20-9-10-21-43(42)50-46(44)49/h1-29H. The molecule has 10 rings (SSSR count). The first-order valence-electron chi connectivity index (χ1n) is 16.8. The molecule has 0 spiro atoms. The van der Waals surface area contributed by atoms with Crippen LogP contribution in [0.2, 0.25) is 0 Å². The van der Waals surface area contributed by atoms with Gasteiger partial charge in [-0.2, -0.15) is 0 Å². The van der Waals surface area contributed by atoms with Crippen molar-refractivity contribution in [1.82, 2.24) is 14.4 Å². The molecule has 0 saturated carbocycles. The molecule has 0 aliphatic rings. The molecule has 0 radical (unpaired) electrons. The van der Waals surface area contributed by atoms with Gasteiger partial charge >= 0.3 is 0 Å². The molecule has 0 unspecified atom stereocenters. The van der Waals surface area contributed by atoms with Crippen LogP contribution in [0.5, 0.6) is 0 Å². The second-order valence-electron chi connectivity index (χ2n) is 12.6. The molecule has 3 aromatic heterocycles. The fourth-order valence-electron chi connectivity index (χ4n) is 7.24. The van der Waals surface area contributed by atoms with Crippen LogP contribution >= 0.6 is 11.3 Å². The van der Waals surface area contributed by atoms with Gasteiger partial charge in [-0.25, -0.2) is 9.97 Å². The first-order valence-corrected chi connectivity index (χ1v) is 17.6. The lowest BCUT2D eigenvalue weighted by Gasteiger charge is -2.10. The molecule has 7 aromatic carbocycles. The van der Waals surface area contributed by atoms with Crippen molar-refractivity contribution in [2.45, 2.75) is 0 Å². The summed E-state index contributed by atoms with van der Waals surface area (Å²) in [5, 5.41) is 3.77. The number of fused-ring (bicyclic) bond motifs is 6. The van der Waals surface area contributed by atoms with Crippen molar-refractivity contribution in [2.75, 3.05) is 0 Å². The molecule has 0 aliphatic carbocycles. The van der Waals surface area contributed by atoms with Gasteiger partial charge in [0.15, 0.2) is 5.82 Å². The van der Waals surface area contributed by atoms with E-state index in [9.17, 15) is 0 Å². The van der Waals surface area contributed by atoms with Crippen molar-refractivity contribution >= 4 is 48.1 Å². The van der Waals surface area contributed by atoms with Gasteiger partial charge in [0.05, 0.1) is 27.1 Å².